The van der Waals surface area contributed by atoms with E-state index in [0.717, 1.165) is 44.8 Å². The molecule has 0 radical (unpaired) electrons. The van der Waals surface area contributed by atoms with Crippen LogP contribution in [0.2, 0.25) is 0 Å². The van der Waals surface area contributed by atoms with Gasteiger partial charge in [0.1, 0.15) is 16.9 Å². The molecule has 1 heterocycles. The molecule has 0 saturated heterocycles. The number of amides is 1. The number of halogens is 1. The van der Waals surface area contributed by atoms with Crippen LogP contribution in [0.4, 0.5) is 10.1 Å². The van der Waals surface area contributed by atoms with Crippen LogP contribution in [0.25, 0.3) is 0 Å². The number of benzene rings is 1. The molecular formula is C23H32FN3O6S3. The van der Waals surface area contributed by atoms with Gasteiger partial charge in [-0.3, -0.25) is 4.79 Å². The summed E-state index contributed by atoms with van der Waals surface area (Å²) in [6, 6.07) is 2.97. The minimum Gasteiger partial charge on any atom is -0.460 e. The van der Waals surface area contributed by atoms with Crippen LogP contribution in [0, 0.1) is 5.92 Å². The van der Waals surface area contributed by atoms with E-state index in [1.165, 1.54) is 26.9 Å². The summed E-state index contributed by atoms with van der Waals surface area (Å²) in [5, 5.41) is 0. The van der Waals surface area contributed by atoms with Gasteiger partial charge in [-0.15, -0.1) is 11.8 Å². The zero-order chi connectivity index (χ0) is 26.5. The van der Waals surface area contributed by atoms with Crippen molar-refractivity contribution in [1.29, 1.82) is 0 Å². The van der Waals surface area contributed by atoms with Crippen molar-refractivity contribution in [3.05, 3.63) is 24.2 Å². The van der Waals surface area contributed by atoms with E-state index in [2.05, 4.69) is 11.8 Å². The van der Waals surface area contributed by atoms with Gasteiger partial charge in [0.25, 0.3) is 5.91 Å². The lowest BCUT2D eigenvalue weighted by Crippen LogP contribution is -2.69. The zero-order valence-electron chi connectivity index (χ0n) is 20.8. The van der Waals surface area contributed by atoms with Crippen LogP contribution in [0.5, 0.6) is 5.75 Å². The van der Waals surface area contributed by atoms with E-state index < -0.39 is 31.8 Å². The normalized spacial score (nSPS) is 27.4. The van der Waals surface area contributed by atoms with Crippen molar-refractivity contribution in [2.24, 2.45) is 5.92 Å². The molecule has 200 valence electrons. The van der Waals surface area contributed by atoms with Crippen molar-refractivity contribution in [2.75, 3.05) is 31.0 Å². The first-order valence-corrected chi connectivity index (χ1v) is 16.4. The molecular weight excluding hydrogens is 529 g/mol. The predicted octanol–water partition coefficient (Wildman–Crippen LogP) is 3.23. The van der Waals surface area contributed by atoms with Crippen LogP contribution in [-0.4, -0.2) is 64.7 Å². The van der Waals surface area contributed by atoms with Gasteiger partial charge >= 0.3 is 0 Å². The molecule has 0 aromatic heterocycles. The van der Waals surface area contributed by atoms with Gasteiger partial charge < -0.3 is 9.64 Å². The third-order valence-electron chi connectivity index (χ3n) is 7.35. The number of thioether (sulfide) groups is 1. The summed E-state index contributed by atoms with van der Waals surface area (Å²) in [6.45, 7) is 2.68. The monoisotopic (exact) mass is 561 g/mol. The van der Waals surface area contributed by atoms with E-state index in [9.17, 15) is 26.0 Å². The van der Waals surface area contributed by atoms with Gasteiger partial charge in [0.05, 0.1) is 16.8 Å². The number of fused-ring (bicyclic) bond motifs is 1. The number of carbonyl (C=O) groups excluding carboxylic acids is 1. The number of nitrogens with one attached hydrogen (secondary N) is 1. The molecule has 36 heavy (non-hydrogen) atoms. The fourth-order valence-corrected chi connectivity index (χ4v) is 7.82. The quantitative estimate of drug-likeness (QED) is 0.278. The average Bonchev–Trinajstić information content (AvgIpc) is 2.81. The standard InChI is InChI=1S/C23H32FN3O6S3/c1-5-6-7-16-13-27(23-10-15(11-23)12-23)18-8-20(34-3)19(9-21(18)36(31,32)26(16)2)33-14-17(24)22(28)25-35(4,29)30/h8-9,14-16H,5-7,10-13H2,1-4H3,(H,25,28)/b17-14-/t15?,16-,23?/m1/s1. The second-order valence-electron chi connectivity index (χ2n) is 9.89. The van der Waals surface area contributed by atoms with E-state index in [1.54, 1.807) is 19.4 Å². The number of nitrogens with zero attached hydrogens (tertiary/aromatic N) is 2. The van der Waals surface area contributed by atoms with Crippen molar-refractivity contribution < 1.29 is 30.8 Å². The fourth-order valence-electron chi connectivity index (χ4n) is 5.29. The first kappa shape index (κ1) is 27.2. The topological polar surface area (TPSA) is 113 Å². The highest BCUT2D eigenvalue weighted by atomic mass is 32.2. The maximum Gasteiger partial charge on any atom is 0.296 e. The molecule has 1 aromatic carbocycles. The Labute approximate surface area is 216 Å². The number of rotatable bonds is 9. The molecule has 3 saturated carbocycles. The van der Waals surface area contributed by atoms with Gasteiger partial charge in [-0.05, 0) is 43.9 Å². The molecule has 1 aliphatic heterocycles. The molecule has 3 fully saturated rings. The van der Waals surface area contributed by atoms with Crippen molar-refractivity contribution in [2.45, 2.75) is 66.8 Å². The van der Waals surface area contributed by atoms with Gasteiger partial charge in [0.2, 0.25) is 25.9 Å². The van der Waals surface area contributed by atoms with Crippen LogP contribution in [0.1, 0.15) is 45.4 Å². The second-order valence-corrected chi connectivity index (χ2v) is 14.5. The smallest absolute Gasteiger partial charge is 0.296 e. The fraction of sp³-hybridized carbons (Fsp3) is 0.609. The van der Waals surface area contributed by atoms with E-state index >= 15 is 0 Å². The minimum atomic E-state index is -3.96. The Kier molecular flexibility index (Phi) is 7.41. The number of hydrogen-bond donors (Lipinski definition) is 1. The largest absolute Gasteiger partial charge is 0.460 e. The highest BCUT2D eigenvalue weighted by Gasteiger charge is 2.61. The van der Waals surface area contributed by atoms with E-state index in [0.29, 0.717) is 29.3 Å². The summed E-state index contributed by atoms with van der Waals surface area (Å²) in [4.78, 5) is 14.7. The van der Waals surface area contributed by atoms with Crippen molar-refractivity contribution in [3.63, 3.8) is 0 Å². The third kappa shape index (κ3) is 4.99. The molecule has 2 bridgehead atoms. The molecule has 1 atom stereocenters. The Bertz CT molecular complexity index is 1280. The Hall–Kier alpha value is -1.83. The number of ether oxygens (including phenoxy) is 1. The average molecular weight is 562 g/mol. The minimum absolute atomic E-state index is 0.0294. The number of anilines is 1. The summed E-state index contributed by atoms with van der Waals surface area (Å²) >= 11 is 1.30. The Morgan fingerprint density at radius 1 is 1.33 bits per heavy atom. The van der Waals surface area contributed by atoms with Crippen LogP contribution in [0.15, 0.2) is 34.0 Å². The first-order valence-electron chi connectivity index (χ1n) is 11.8. The van der Waals surface area contributed by atoms with Gasteiger partial charge in [-0.25, -0.2) is 21.6 Å². The lowest BCUT2D eigenvalue weighted by atomic mass is 9.49. The molecule has 5 rings (SSSR count). The van der Waals surface area contributed by atoms with Crippen molar-refractivity contribution in [3.8, 4) is 5.75 Å². The Balaban J connectivity index is 1.75. The van der Waals surface area contributed by atoms with Crippen LogP contribution >= 0.6 is 11.8 Å². The summed E-state index contributed by atoms with van der Waals surface area (Å²) in [5.41, 5.74) is 0.591. The highest BCUT2D eigenvalue weighted by molar-refractivity contribution is 7.98. The van der Waals surface area contributed by atoms with Crippen molar-refractivity contribution in [1.82, 2.24) is 9.03 Å². The molecule has 4 aliphatic rings. The van der Waals surface area contributed by atoms with Crippen molar-refractivity contribution >= 4 is 43.4 Å². The molecule has 1 amide bonds. The SMILES string of the molecule is CCCC[C@@H]1CN(C23CC(C2)C3)c2cc(SC)c(O/C=C(\F)C(=O)NS(C)(=O)=O)cc2S(=O)(=O)N1C. The lowest BCUT2D eigenvalue weighted by Gasteiger charge is -2.67. The predicted molar refractivity (Wildman–Crippen MR) is 137 cm³/mol. The van der Waals surface area contributed by atoms with Crippen LogP contribution < -0.4 is 14.4 Å². The lowest BCUT2D eigenvalue weighted by molar-refractivity contribution is -0.117. The number of hydrogen-bond acceptors (Lipinski definition) is 8. The van der Waals surface area contributed by atoms with E-state index in [-0.39, 0.29) is 22.2 Å². The van der Waals surface area contributed by atoms with E-state index in [1.807, 2.05) is 0 Å². The molecule has 3 aliphatic carbocycles. The van der Waals surface area contributed by atoms with Gasteiger partial charge in [0.15, 0.2) is 0 Å². The maximum atomic E-state index is 14.2. The summed E-state index contributed by atoms with van der Waals surface area (Å²) in [7, 11) is -6.25. The molecule has 0 spiro atoms. The Morgan fingerprint density at radius 3 is 2.53 bits per heavy atom. The zero-order valence-corrected chi connectivity index (χ0v) is 23.2. The first-order chi connectivity index (χ1) is 16.8. The Morgan fingerprint density at radius 2 is 2.00 bits per heavy atom. The number of likely N-dealkylation sites (N-methyl/N-ethyl adjacent to an activating group) is 1. The summed E-state index contributed by atoms with van der Waals surface area (Å²) < 4.78 is 72.5. The number of sulfonamides is 2. The summed E-state index contributed by atoms with van der Waals surface area (Å²) in [5.74, 6) is -2.17. The second kappa shape index (κ2) is 9.80. The molecule has 1 aromatic rings. The van der Waals surface area contributed by atoms with Gasteiger partial charge in [-0.1, -0.05) is 19.8 Å². The molecule has 1 N–H and O–H groups in total. The van der Waals surface area contributed by atoms with Gasteiger partial charge in [-0.2, -0.15) is 8.70 Å². The van der Waals surface area contributed by atoms with Crippen LogP contribution in [-0.2, 0) is 24.8 Å². The molecule has 13 heteroatoms. The van der Waals surface area contributed by atoms with Crippen LogP contribution in [0.3, 0.4) is 0 Å². The number of unbranched alkanes of at least 4 members (excludes halogenated alkanes) is 1. The third-order valence-corrected chi connectivity index (χ3v) is 10.6. The van der Waals surface area contributed by atoms with E-state index in [4.69, 9.17) is 4.74 Å². The summed E-state index contributed by atoms with van der Waals surface area (Å²) in [6.07, 6.45) is 8.77. The highest BCUT2D eigenvalue weighted by Crippen LogP contribution is 2.62. The molecule has 9 nitrogen and oxygen atoms in total. The molecule has 0 unspecified atom stereocenters. The maximum absolute atomic E-state index is 14.2. The van der Waals surface area contributed by atoms with Gasteiger partial charge in [0, 0.05) is 31.2 Å². The number of carbonyl (C=O) groups is 1.